The fraction of sp³-hybridized carbons (Fsp3) is 0.143. The van der Waals surface area contributed by atoms with Gasteiger partial charge in [0.1, 0.15) is 5.75 Å². The van der Waals surface area contributed by atoms with E-state index in [1.54, 1.807) is 12.1 Å². The van der Waals surface area contributed by atoms with E-state index in [2.05, 4.69) is 0 Å². The standard InChI is InChI=1S/C7H10N2O/c8-4-5-3-6(10)1-2-7(5)9/h1-3,10H,4,8-9H2. The maximum absolute atomic E-state index is 8.96. The predicted octanol–water partition coefficient (Wildman–Crippen LogP) is 0.433. The van der Waals surface area contributed by atoms with Crippen molar-refractivity contribution in [2.45, 2.75) is 6.54 Å². The molecule has 0 heterocycles. The molecule has 0 saturated heterocycles. The van der Waals surface area contributed by atoms with Gasteiger partial charge in [-0.3, -0.25) is 0 Å². The Labute approximate surface area is 59.3 Å². The van der Waals surface area contributed by atoms with Crippen LogP contribution in [0.3, 0.4) is 0 Å². The lowest BCUT2D eigenvalue weighted by Crippen LogP contribution is -2.00. The zero-order chi connectivity index (χ0) is 7.56. The molecule has 0 saturated carbocycles. The Kier molecular flexibility index (Phi) is 1.78. The summed E-state index contributed by atoms with van der Waals surface area (Å²) in [5.74, 6) is 0.203. The summed E-state index contributed by atoms with van der Waals surface area (Å²) >= 11 is 0. The summed E-state index contributed by atoms with van der Waals surface area (Å²) in [6.45, 7) is 0.361. The van der Waals surface area contributed by atoms with Crippen molar-refractivity contribution in [3.8, 4) is 5.75 Å². The van der Waals surface area contributed by atoms with Gasteiger partial charge in [-0.25, -0.2) is 0 Å². The summed E-state index contributed by atoms with van der Waals surface area (Å²) in [6.07, 6.45) is 0. The Hall–Kier alpha value is -1.22. The normalized spacial score (nSPS) is 9.70. The van der Waals surface area contributed by atoms with Crippen LogP contribution in [0.1, 0.15) is 5.56 Å². The number of benzene rings is 1. The molecule has 0 amide bonds. The van der Waals surface area contributed by atoms with Crippen molar-refractivity contribution in [1.29, 1.82) is 0 Å². The number of nitrogens with two attached hydrogens (primary N) is 2. The number of hydrogen-bond donors (Lipinski definition) is 3. The van der Waals surface area contributed by atoms with Crippen LogP contribution >= 0.6 is 0 Å². The molecule has 0 aliphatic heterocycles. The molecule has 0 aliphatic rings. The quantitative estimate of drug-likeness (QED) is 0.389. The van der Waals surface area contributed by atoms with Crippen molar-refractivity contribution in [2.75, 3.05) is 5.73 Å². The summed E-state index contributed by atoms with van der Waals surface area (Å²) < 4.78 is 0. The number of rotatable bonds is 1. The molecule has 5 N–H and O–H groups in total. The van der Waals surface area contributed by atoms with Crippen molar-refractivity contribution in [3.05, 3.63) is 23.8 Å². The number of hydrogen-bond acceptors (Lipinski definition) is 3. The first kappa shape index (κ1) is 6.89. The minimum atomic E-state index is 0.203. The summed E-state index contributed by atoms with van der Waals surface area (Å²) in [6, 6.07) is 4.74. The van der Waals surface area contributed by atoms with Crippen molar-refractivity contribution < 1.29 is 5.11 Å². The number of anilines is 1. The lowest BCUT2D eigenvalue weighted by Gasteiger charge is -2.01. The van der Waals surface area contributed by atoms with E-state index < -0.39 is 0 Å². The average Bonchev–Trinajstić information content (AvgIpc) is 1.94. The molecular weight excluding hydrogens is 128 g/mol. The zero-order valence-corrected chi connectivity index (χ0v) is 5.54. The van der Waals surface area contributed by atoms with E-state index in [4.69, 9.17) is 16.6 Å². The van der Waals surface area contributed by atoms with Gasteiger partial charge >= 0.3 is 0 Å². The highest BCUT2D eigenvalue weighted by molar-refractivity contribution is 5.49. The molecule has 10 heavy (non-hydrogen) atoms. The SMILES string of the molecule is NCc1cc(O)ccc1N. The molecule has 3 heteroatoms. The maximum atomic E-state index is 8.96. The van der Waals surface area contributed by atoms with Crippen LogP contribution < -0.4 is 11.5 Å². The molecule has 0 fully saturated rings. The van der Waals surface area contributed by atoms with Crippen molar-refractivity contribution in [2.24, 2.45) is 5.73 Å². The first-order chi connectivity index (χ1) is 4.74. The summed E-state index contributed by atoms with van der Waals surface area (Å²) in [7, 11) is 0. The van der Waals surface area contributed by atoms with E-state index in [0.717, 1.165) is 5.56 Å². The second kappa shape index (κ2) is 2.58. The molecule has 0 aromatic heterocycles. The van der Waals surface area contributed by atoms with Crippen molar-refractivity contribution >= 4 is 5.69 Å². The van der Waals surface area contributed by atoms with Crippen LogP contribution in [0.5, 0.6) is 5.75 Å². The molecule has 0 aliphatic carbocycles. The van der Waals surface area contributed by atoms with E-state index >= 15 is 0 Å². The average molecular weight is 138 g/mol. The minimum Gasteiger partial charge on any atom is -0.508 e. The fourth-order valence-electron chi connectivity index (χ4n) is 0.769. The van der Waals surface area contributed by atoms with Gasteiger partial charge in [-0.15, -0.1) is 0 Å². The lowest BCUT2D eigenvalue weighted by atomic mass is 10.2. The number of phenolic OH excluding ortho intramolecular Hbond substituents is 1. The van der Waals surface area contributed by atoms with E-state index in [-0.39, 0.29) is 5.75 Å². The molecule has 1 rings (SSSR count). The Morgan fingerprint density at radius 3 is 2.60 bits per heavy atom. The van der Waals surface area contributed by atoms with Crippen LogP contribution in [0.4, 0.5) is 5.69 Å². The molecule has 0 spiro atoms. The molecule has 0 unspecified atom stereocenters. The Morgan fingerprint density at radius 2 is 2.10 bits per heavy atom. The van der Waals surface area contributed by atoms with E-state index in [0.29, 0.717) is 12.2 Å². The van der Waals surface area contributed by atoms with Gasteiger partial charge in [-0.1, -0.05) is 0 Å². The monoisotopic (exact) mass is 138 g/mol. The lowest BCUT2D eigenvalue weighted by molar-refractivity contribution is 0.474. The van der Waals surface area contributed by atoms with Gasteiger partial charge in [0.05, 0.1) is 0 Å². The molecule has 54 valence electrons. The highest BCUT2D eigenvalue weighted by Gasteiger charge is 1.96. The van der Waals surface area contributed by atoms with Gasteiger partial charge in [-0.2, -0.15) is 0 Å². The van der Waals surface area contributed by atoms with Crippen LogP contribution in [-0.2, 0) is 6.54 Å². The smallest absolute Gasteiger partial charge is 0.116 e. The molecule has 1 aromatic carbocycles. The van der Waals surface area contributed by atoms with Crippen LogP contribution in [0.15, 0.2) is 18.2 Å². The van der Waals surface area contributed by atoms with E-state index in [9.17, 15) is 0 Å². The number of nitrogen functional groups attached to an aromatic ring is 1. The molecule has 1 aromatic rings. The Morgan fingerprint density at radius 1 is 1.40 bits per heavy atom. The maximum Gasteiger partial charge on any atom is 0.116 e. The first-order valence-electron chi connectivity index (χ1n) is 3.01. The second-order valence-corrected chi connectivity index (χ2v) is 2.09. The van der Waals surface area contributed by atoms with Crippen molar-refractivity contribution in [3.63, 3.8) is 0 Å². The van der Waals surface area contributed by atoms with E-state index in [1.165, 1.54) is 6.07 Å². The first-order valence-corrected chi connectivity index (χ1v) is 3.01. The Bertz CT molecular complexity index is 235. The molecule has 0 radical (unpaired) electrons. The van der Waals surface area contributed by atoms with Crippen LogP contribution in [-0.4, -0.2) is 5.11 Å². The summed E-state index contributed by atoms with van der Waals surface area (Å²) in [5.41, 5.74) is 12.2. The van der Waals surface area contributed by atoms with Crippen molar-refractivity contribution in [1.82, 2.24) is 0 Å². The van der Waals surface area contributed by atoms with Gasteiger partial charge in [0.25, 0.3) is 0 Å². The number of phenols is 1. The molecule has 0 atom stereocenters. The third kappa shape index (κ3) is 1.19. The summed E-state index contributed by atoms with van der Waals surface area (Å²) in [5, 5.41) is 8.96. The van der Waals surface area contributed by atoms with Gasteiger partial charge in [0, 0.05) is 12.2 Å². The molecule has 0 bridgehead atoms. The number of aromatic hydroxyl groups is 1. The highest BCUT2D eigenvalue weighted by atomic mass is 16.3. The zero-order valence-electron chi connectivity index (χ0n) is 5.54. The Balaban J connectivity index is 3.09. The third-order valence-corrected chi connectivity index (χ3v) is 1.35. The van der Waals surface area contributed by atoms with Gasteiger partial charge in [-0.05, 0) is 23.8 Å². The van der Waals surface area contributed by atoms with Crippen LogP contribution in [0.25, 0.3) is 0 Å². The van der Waals surface area contributed by atoms with E-state index in [1.807, 2.05) is 0 Å². The molecule has 3 nitrogen and oxygen atoms in total. The third-order valence-electron chi connectivity index (χ3n) is 1.35. The van der Waals surface area contributed by atoms with Gasteiger partial charge < -0.3 is 16.6 Å². The second-order valence-electron chi connectivity index (χ2n) is 2.09. The highest BCUT2D eigenvalue weighted by Crippen LogP contribution is 2.17. The van der Waals surface area contributed by atoms with Crippen LogP contribution in [0.2, 0.25) is 0 Å². The van der Waals surface area contributed by atoms with Gasteiger partial charge in [0.15, 0.2) is 0 Å². The minimum absolute atomic E-state index is 0.203. The predicted molar refractivity (Wildman–Crippen MR) is 40.4 cm³/mol. The van der Waals surface area contributed by atoms with Crippen LogP contribution in [0, 0.1) is 0 Å². The van der Waals surface area contributed by atoms with Gasteiger partial charge in [0.2, 0.25) is 0 Å². The summed E-state index contributed by atoms with van der Waals surface area (Å²) in [4.78, 5) is 0. The largest absolute Gasteiger partial charge is 0.508 e. The molecular formula is C7H10N2O. The topological polar surface area (TPSA) is 72.3 Å². The fourth-order valence-corrected chi connectivity index (χ4v) is 0.769.